The lowest BCUT2D eigenvalue weighted by Crippen LogP contribution is -2.54. The maximum atomic E-state index is 11.6. The van der Waals surface area contributed by atoms with E-state index in [1.54, 1.807) is 29.0 Å². The van der Waals surface area contributed by atoms with Crippen molar-refractivity contribution in [3.05, 3.63) is 37.1 Å². The summed E-state index contributed by atoms with van der Waals surface area (Å²) in [5.74, 6) is 0.631. The Morgan fingerprint density at radius 1 is 0.884 bits per heavy atom. The molecule has 4 aliphatic heterocycles. The molecule has 4 rings (SSSR count). The van der Waals surface area contributed by atoms with E-state index in [1.165, 1.54) is 0 Å². The predicted octanol–water partition coefficient (Wildman–Crippen LogP) is 0.821. The minimum Gasteiger partial charge on any atom is -0.388 e. The number of hydrogen-bond donors (Lipinski definition) is 6. The first-order valence-corrected chi connectivity index (χ1v) is 20.9. The van der Waals surface area contributed by atoms with Crippen LogP contribution in [0.4, 0.5) is 0 Å². The normalized spacial score (nSPS) is 35.0. The molecule has 4 aliphatic rings. The van der Waals surface area contributed by atoms with E-state index in [0.29, 0.717) is 36.0 Å². The first-order valence-electron chi connectivity index (χ1n) is 14.4. The number of ether oxygens (including phenoxy) is 2. The first-order chi connectivity index (χ1) is 19.8. The van der Waals surface area contributed by atoms with Crippen molar-refractivity contribution in [3.8, 4) is 0 Å². The van der Waals surface area contributed by atoms with Crippen LogP contribution in [0.1, 0.15) is 19.8 Å². The fourth-order valence-electron chi connectivity index (χ4n) is 5.18. The quantitative estimate of drug-likeness (QED) is 0.163. The van der Waals surface area contributed by atoms with E-state index in [0.717, 1.165) is 12.3 Å². The Morgan fingerprint density at radius 3 is 1.86 bits per heavy atom. The van der Waals surface area contributed by atoms with Gasteiger partial charge in [-0.25, -0.2) is 0 Å². The van der Waals surface area contributed by atoms with Crippen molar-refractivity contribution in [1.29, 1.82) is 0 Å². The Balaban J connectivity index is 0.000000236. The van der Waals surface area contributed by atoms with Crippen LogP contribution in [0.5, 0.6) is 0 Å². The van der Waals surface area contributed by atoms with Crippen molar-refractivity contribution in [2.45, 2.75) is 68.8 Å². The Kier molecular flexibility index (Phi) is 12.0. The van der Waals surface area contributed by atoms with E-state index in [2.05, 4.69) is 63.0 Å². The second kappa shape index (κ2) is 14.3. The number of amides is 1. The molecule has 4 heterocycles. The highest BCUT2D eigenvalue weighted by molar-refractivity contribution is 7.80. The summed E-state index contributed by atoms with van der Waals surface area (Å²) in [5.41, 5.74) is 0. The molecule has 0 bridgehead atoms. The Hall–Kier alpha value is -1.46. The lowest BCUT2D eigenvalue weighted by atomic mass is 10.1. The smallest absolute Gasteiger partial charge is 0.230 e. The molecule has 43 heavy (non-hydrogen) atoms. The number of nitrogens with zero attached hydrogens (tertiary/aromatic N) is 2. The van der Waals surface area contributed by atoms with Gasteiger partial charge in [0.15, 0.2) is 12.5 Å². The molecule has 9 atom stereocenters. The van der Waals surface area contributed by atoms with Crippen LogP contribution >= 0.6 is 26.0 Å². The van der Waals surface area contributed by atoms with Gasteiger partial charge in [-0.05, 0) is 57.9 Å². The zero-order chi connectivity index (χ0) is 32.4. The topological polar surface area (TPSA) is 147 Å². The highest BCUT2D eigenvalue weighted by Crippen LogP contribution is 2.40. The number of aliphatic hydroxyl groups excluding tert-OH is 4. The minimum atomic E-state index is -1.21. The van der Waals surface area contributed by atoms with Crippen LogP contribution in [0.3, 0.4) is 0 Å². The number of nitrogens with one attached hydrogen (secondary N) is 2. The molecule has 14 heteroatoms. The molecular weight excluding hydrogens is 610 g/mol. The molecule has 3 fully saturated rings. The van der Waals surface area contributed by atoms with Gasteiger partial charge in [-0.1, -0.05) is 32.3 Å². The SMILES string of the molecule is C=C1NC(=O)C(C)CN1[C@@H]1O[C@H](CCP(=C)(C)C)[C@@H](O)[C@H]1O.C=C1NC(=S)C=CN1[C@@H]1O[C@H](CCP(=C)(C)C)[C@@H](O)[C@H]1O. The molecule has 11 nitrogen and oxygen atoms in total. The Bertz CT molecular complexity index is 1200. The van der Waals surface area contributed by atoms with Gasteiger partial charge in [-0.15, -0.1) is 26.4 Å². The second-order valence-corrected chi connectivity index (χ2v) is 22.2. The molecule has 6 N–H and O–H groups in total. The molecular formula is C29H50N4O7P2S. The third-order valence-corrected chi connectivity index (χ3v) is 11.0. The van der Waals surface area contributed by atoms with Crippen LogP contribution in [-0.2, 0) is 14.3 Å². The summed E-state index contributed by atoms with van der Waals surface area (Å²) < 4.78 is 11.7. The molecule has 0 aromatic carbocycles. The summed E-state index contributed by atoms with van der Waals surface area (Å²) in [5, 5.41) is 46.5. The van der Waals surface area contributed by atoms with E-state index in [9.17, 15) is 25.2 Å². The number of rotatable bonds is 8. The monoisotopic (exact) mass is 660 g/mol. The lowest BCUT2D eigenvalue weighted by Gasteiger charge is -2.39. The zero-order valence-electron chi connectivity index (χ0n) is 25.9. The third-order valence-electron chi connectivity index (χ3n) is 7.79. The Labute approximate surface area is 261 Å². The molecule has 0 aliphatic carbocycles. The summed E-state index contributed by atoms with van der Waals surface area (Å²) in [6.07, 6.45) is 8.89. The number of carbonyl (C=O) groups excluding carboxylic acids is 1. The molecule has 0 aromatic rings. The number of carbonyl (C=O) groups is 1. The van der Waals surface area contributed by atoms with Crippen LogP contribution in [0.2, 0.25) is 0 Å². The zero-order valence-corrected chi connectivity index (χ0v) is 28.5. The van der Waals surface area contributed by atoms with Gasteiger partial charge in [0.25, 0.3) is 0 Å². The third kappa shape index (κ3) is 9.52. The summed E-state index contributed by atoms with van der Waals surface area (Å²) in [7, 11) is 0. The molecule has 244 valence electrons. The van der Waals surface area contributed by atoms with Gasteiger partial charge in [0, 0.05) is 12.7 Å². The molecule has 0 radical (unpaired) electrons. The van der Waals surface area contributed by atoms with E-state index in [4.69, 9.17) is 21.7 Å². The van der Waals surface area contributed by atoms with E-state index < -0.39 is 56.7 Å². The first kappa shape index (κ1) is 36.0. The standard InChI is InChI=1S/C15H27N2O4P.C14H23N2O3PS/c1-9-8-17(10(2)16-14(9)20)15-13(19)12(18)11(21-15)6-7-22(3,4)5;1-9-15-11(21)5-7-16(9)14-13(18)12(17)10(19-14)6-8-20(2,3)4/h9,11-13,15,18-19H,2-3,6-8H2,1,4-5H3,(H,16,20);5,7,10,12-14,17-18H,1-2,6,8H2,3-4H3,(H,15,21)/t9?,11-,12-,13-,15-;10-,12-,13-,14-/m11/s1. The highest BCUT2D eigenvalue weighted by Gasteiger charge is 2.47. The minimum absolute atomic E-state index is 0.0885. The fourth-order valence-corrected chi connectivity index (χ4v) is 7.27. The van der Waals surface area contributed by atoms with Gasteiger partial charge in [0.1, 0.15) is 41.0 Å². The van der Waals surface area contributed by atoms with Crippen molar-refractivity contribution in [3.63, 3.8) is 0 Å². The summed E-state index contributed by atoms with van der Waals surface area (Å²) in [6.45, 7) is 16.0. The van der Waals surface area contributed by atoms with Crippen molar-refractivity contribution in [2.75, 3.05) is 45.5 Å². The maximum Gasteiger partial charge on any atom is 0.230 e. The van der Waals surface area contributed by atoms with Crippen molar-refractivity contribution >= 4 is 49.5 Å². The van der Waals surface area contributed by atoms with Crippen molar-refractivity contribution in [2.24, 2.45) is 5.92 Å². The van der Waals surface area contributed by atoms with Crippen LogP contribution in [0, 0.1) is 5.92 Å². The highest BCUT2D eigenvalue weighted by atomic mass is 32.1. The number of thiocarbonyl (C=S) groups is 1. The van der Waals surface area contributed by atoms with Crippen LogP contribution < -0.4 is 10.6 Å². The van der Waals surface area contributed by atoms with Gasteiger partial charge < -0.3 is 50.3 Å². The van der Waals surface area contributed by atoms with Gasteiger partial charge in [0.2, 0.25) is 5.91 Å². The molecule has 1 amide bonds. The average Bonchev–Trinajstić information content (AvgIpc) is 3.33. The summed E-state index contributed by atoms with van der Waals surface area (Å²) in [6, 6.07) is 0. The van der Waals surface area contributed by atoms with Gasteiger partial charge in [-0.3, -0.25) is 4.79 Å². The van der Waals surface area contributed by atoms with Crippen molar-refractivity contribution < 1.29 is 34.7 Å². The molecule has 1 unspecified atom stereocenters. The van der Waals surface area contributed by atoms with Crippen molar-refractivity contribution in [1.82, 2.24) is 20.4 Å². The van der Waals surface area contributed by atoms with E-state index in [-0.39, 0.29) is 17.9 Å². The number of aliphatic hydroxyl groups is 4. The summed E-state index contributed by atoms with van der Waals surface area (Å²) >= 11 is 5.03. The largest absolute Gasteiger partial charge is 0.388 e. The predicted molar refractivity (Wildman–Crippen MR) is 181 cm³/mol. The lowest BCUT2D eigenvalue weighted by molar-refractivity contribution is -0.133. The van der Waals surface area contributed by atoms with Gasteiger partial charge in [0.05, 0.1) is 18.1 Å². The Morgan fingerprint density at radius 2 is 1.37 bits per heavy atom. The maximum absolute atomic E-state index is 11.6. The molecule has 0 aromatic heterocycles. The second-order valence-electron chi connectivity index (χ2n) is 13.1. The van der Waals surface area contributed by atoms with Crippen LogP contribution in [0.15, 0.2) is 37.1 Å². The van der Waals surface area contributed by atoms with Crippen LogP contribution in [0.25, 0.3) is 0 Å². The van der Waals surface area contributed by atoms with Gasteiger partial charge in [-0.2, -0.15) is 0 Å². The fraction of sp³-hybridized carbons (Fsp3) is 0.655. The van der Waals surface area contributed by atoms with E-state index in [1.807, 2.05) is 0 Å². The van der Waals surface area contributed by atoms with Gasteiger partial charge >= 0.3 is 0 Å². The molecule has 0 spiro atoms. The molecule has 3 saturated heterocycles. The van der Waals surface area contributed by atoms with Crippen LogP contribution in [-0.4, -0.2) is 148 Å². The van der Waals surface area contributed by atoms with E-state index >= 15 is 0 Å². The molecule has 0 saturated carbocycles. The summed E-state index contributed by atoms with van der Waals surface area (Å²) in [4.78, 5) is 15.6. The average molecular weight is 661 g/mol. The number of hydrogen-bond acceptors (Lipinski definition) is 10.